The standard InChI is InChI=1S/C21H15N5OS/c1-27-18-9-5-3-7-15(18)11-13-19-25-26-20(23-24-21(26)28-19)17-12-10-14-6-2-4-8-16(14)22-17/h2-13H,1H3/b13-11-. The van der Waals surface area contributed by atoms with E-state index < -0.39 is 0 Å². The van der Waals surface area contributed by atoms with Gasteiger partial charge >= 0.3 is 0 Å². The van der Waals surface area contributed by atoms with Crippen molar-refractivity contribution in [1.82, 2.24) is 24.8 Å². The fourth-order valence-electron chi connectivity index (χ4n) is 3.01. The molecule has 0 aliphatic heterocycles. The van der Waals surface area contributed by atoms with Crippen LogP contribution in [-0.4, -0.2) is 31.9 Å². The smallest absolute Gasteiger partial charge is 0.235 e. The van der Waals surface area contributed by atoms with E-state index in [1.165, 1.54) is 11.3 Å². The van der Waals surface area contributed by atoms with Crippen molar-refractivity contribution in [3.8, 4) is 17.3 Å². The average molecular weight is 385 g/mol. The van der Waals surface area contributed by atoms with Gasteiger partial charge in [0.25, 0.3) is 0 Å². The number of rotatable bonds is 4. The van der Waals surface area contributed by atoms with Crippen molar-refractivity contribution in [3.63, 3.8) is 0 Å². The third-order valence-electron chi connectivity index (χ3n) is 4.38. The van der Waals surface area contributed by atoms with Crippen LogP contribution >= 0.6 is 11.3 Å². The van der Waals surface area contributed by atoms with Crippen molar-refractivity contribution < 1.29 is 4.74 Å². The second-order valence-electron chi connectivity index (χ2n) is 6.12. The van der Waals surface area contributed by atoms with Crippen LogP contribution in [0.1, 0.15) is 10.6 Å². The SMILES string of the molecule is COc1ccccc1/C=C\c1nn2c(-c3ccc4ccccc4n3)nnc2s1. The zero-order valence-corrected chi connectivity index (χ0v) is 15.8. The van der Waals surface area contributed by atoms with E-state index >= 15 is 0 Å². The van der Waals surface area contributed by atoms with Crippen LogP contribution in [0.3, 0.4) is 0 Å². The fraction of sp³-hybridized carbons (Fsp3) is 0.0476. The molecule has 0 amide bonds. The number of nitrogens with zero attached hydrogens (tertiary/aromatic N) is 5. The van der Waals surface area contributed by atoms with Gasteiger partial charge in [-0.25, -0.2) is 4.98 Å². The highest BCUT2D eigenvalue weighted by Gasteiger charge is 2.14. The molecule has 7 heteroatoms. The Morgan fingerprint density at radius 3 is 2.71 bits per heavy atom. The summed E-state index contributed by atoms with van der Waals surface area (Å²) in [6, 6.07) is 19.8. The third kappa shape index (κ3) is 2.91. The lowest BCUT2D eigenvalue weighted by atomic mass is 10.2. The average Bonchev–Trinajstić information content (AvgIpc) is 3.32. The normalized spacial score (nSPS) is 11.6. The molecule has 6 nitrogen and oxygen atoms in total. The molecule has 0 aliphatic rings. The highest BCUT2D eigenvalue weighted by atomic mass is 32.1. The van der Waals surface area contributed by atoms with Gasteiger partial charge in [0.05, 0.1) is 12.6 Å². The summed E-state index contributed by atoms with van der Waals surface area (Å²) in [6.07, 6.45) is 3.94. The molecule has 0 bridgehead atoms. The third-order valence-corrected chi connectivity index (χ3v) is 5.24. The topological polar surface area (TPSA) is 65.2 Å². The van der Waals surface area contributed by atoms with Gasteiger partial charge in [0.15, 0.2) is 0 Å². The summed E-state index contributed by atoms with van der Waals surface area (Å²) in [4.78, 5) is 5.43. The molecular weight excluding hydrogens is 370 g/mol. The van der Waals surface area contributed by atoms with E-state index in [-0.39, 0.29) is 0 Å². The van der Waals surface area contributed by atoms with Gasteiger partial charge in [-0.2, -0.15) is 9.61 Å². The Morgan fingerprint density at radius 2 is 1.79 bits per heavy atom. The molecule has 0 saturated heterocycles. The molecule has 0 saturated carbocycles. The van der Waals surface area contributed by atoms with E-state index in [0.717, 1.165) is 37.9 Å². The molecule has 5 rings (SSSR count). The zero-order chi connectivity index (χ0) is 18.9. The van der Waals surface area contributed by atoms with Crippen LogP contribution in [0.5, 0.6) is 5.75 Å². The number of benzene rings is 2. The van der Waals surface area contributed by atoms with Crippen LogP contribution < -0.4 is 4.74 Å². The van der Waals surface area contributed by atoms with Crippen molar-refractivity contribution in [2.75, 3.05) is 7.11 Å². The van der Waals surface area contributed by atoms with E-state index in [0.29, 0.717) is 5.82 Å². The summed E-state index contributed by atoms with van der Waals surface area (Å²) in [7, 11) is 1.67. The fourth-order valence-corrected chi connectivity index (χ4v) is 3.76. The number of pyridine rings is 1. The van der Waals surface area contributed by atoms with E-state index in [4.69, 9.17) is 9.72 Å². The number of para-hydroxylation sites is 2. The molecule has 3 aromatic heterocycles. The highest BCUT2D eigenvalue weighted by molar-refractivity contribution is 7.17. The van der Waals surface area contributed by atoms with Gasteiger partial charge in [-0.05, 0) is 30.4 Å². The predicted molar refractivity (Wildman–Crippen MR) is 111 cm³/mol. The van der Waals surface area contributed by atoms with Gasteiger partial charge in [-0.1, -0.05) is 53.8 Å². The Bertz CT molecular complexity index is 1320. The molecule has 5 aromatic rings. The molecule has 0 aliphatic carbocycles. The van der Waals surface area contributed by atoms with Crippen molar-refractivity contribution in [2.45, 2.75) is 0 Å². The predicted octanol–water partition coefficient (Wildman–Crippen LogP) is 4.58. The van der Waals surface area contributed by atoms with Crippen LogP contribution in [0.25, 0.3) is 39.5 Å². The molecule has 0 spiro atoms. The summed E-state index contributed by atoms with van der Waals surface area (Å²) in [5, 5.41) is 15.1. The van der Waals surface area contributed by atoms with E-state index in [9.17, 15) is 0 Å². The minimum atomic E-state index is 0.633. The molecule has 0 N–H and O–H groups in total. The lowest BCUT2D eigenvalue weighted by Gasteiger charge is -2.02. The van der Waals surface area contributed by atoms with Crippen molar-refractivity contribution >= 4 is 39.4 Å². The van der Waals surface area contributed by atoms with E-state index in [1.807, 2.05) is 72.8 Å². The number of aromatic nitrogens is 5. The molecule has 3 heterocycles. The molecule has 28 heavy (non-hydrogen) atoms. The lowest BCUT2D eigenvalue weighted by Crippen LogP contribution is -1.93. The summed E-state index contributed by atoms with van der Waals surface area (Å²) < 4.78 is 7.13. The first-order valence-electron chi connectivity index (χ1n) is 8.71. The van der Waals surface area contributed by atoms with Gasteiger partial charge in [0.1, 0.15) is 16.5 Å². The van der Waals surface area contributed by atoms with Crippen LogP contribution in [-0.2, 0) is 0 Å². The van der Waals surface area contributed by atoms with E-state index in [2.05, 4.69) is 15.3 Å². The number of methoxy groups -OCH3 is 1. The number of hydrogen-bond acceptors (Lipinski definition) is 6. The molecule has 2 aromatic carbocycles. The maximum absolute atomic E-state index is 5.39. The Hall–Kier alpha value is -3.58. The monoisotopic (exact) mass is 385 g/mol. The largest absolute Gasteiger partial charge is 0.496 e. The highest BCUT2D eigenvalue weighted by Crippen LogP contribution is 2.25. The van der Waals surface area contributed by atoms with E-state index in [1.54, 1.807) is 11.6 Å². The molecule has 136 valence electrons. The van der Waals surface area contributed by atoms with Crippen LogP contribution in [0.15, 0.2) is 60.7 Å². The van der Waals surface area contributed by atoms with Crippen LogP contribution in [0.2, 0.25) is 0 Å². The summed E-state index contributed by atoms with van der Waals surface area (Å²) in [5.74, 6) is 1.46. The molecular formula is C21H15N5OS. The minimum Gasteiger partial charge on any atom is -0.496 e. The first-order valence-corrected chi connectivity index (χ1v) is 9.53. The van der Waals surface area contributed by atoms with Gasteiger partial charge < -0.3 is 4.74 Å². The second kappa shape index (κ2) is 6.86. The summed E-state index contributed by atoms with van der Waals surface area (Å²) >= 11 is 1.47. The summed E-state index contributed by atoms with van der Waals surface area (Å²) in [5.41, 5.74) is 2.66. The Morgan fingerprint density at radius 1 is 0.929 bits per heavy atom. The van der Waals surface area contributed by atoms with Gasteiger partial charge in [-0.15, -0.1) is 10.2 Å². The first kappa shape index (κ1) is 16.6. The number of ether oxygens (including phenoxy) is 1. The number of fused-ring (bicyclic) bond motifs is 2. The quantitative estimate of drug-likeness (QED) is 0.453. The Balaban J connectivity index is 1.52. The summed E-state index contributed by atoms with van der Waals surface area (Å²) in [6.45, 7) is 0. The van der Waals surface area contributed by atoms with Crippen LogP contribution in [0.4, 0.5) is 0 Å². The van der Waals surface area contributed by atoms with Gasteiger partial charge in [-0.3, -0.25) is 0 Å². The number of hydrogen-bond donors (Lipinski definition) is 0. The Labute approximate surface area is 164 Å². The second-order valence-corrected chi connectivity index (χ2v) is 7.11. The van der Waals surface area contributed by atoms with Crippen molar-refractivity contribution in [2.24, 2.45) is 0 Å². The maximum atomic E-state index is 5.39. The molecule has 0 unspecified atom stereocenters. The van der Waals surface area contributed by atoms with Gasteiger partial charge in [0.2, 0.25) is 10.8 Å². The molecule has 0 radical (unpaired) electrons. The van der Waals surface area contributed by atoms with Crippen molar-refractivity contribution in [3.05, 3.63) is 71.2 Å². The van der Waals surface area contributed by atoms with Gasteiger partial charge in [0, 0.05) is 10.9 Å². The lowest BCUT2D eigenvalue weighted by molar-refractivity contribution is 0.414. The molecule has 0 atom stereocenters. The van der Waals surface area contributed by atoms with Crippen LogP contribution in [0, 0.1) is 0 Å². The Kier molecular flexibility index (Phi) is 4.06. The van der Waals surface area contributed by atoms with Crippen molar-refractivity contribution in [1.29, 1.82) is 0 Å². The first-order chi connectivity index (χ1) is 13.8. The molecule has 0 fully saturated rings. The maximum Gasteiger partial charge on any atom is 0.235 e. The zero-order valence-electron chi connectivity index (χ0n) is 15.0. The minimum absolute atomic E-state index is 0.633.